The van der Waals surface area contributed by atoms with Gasteiger partial charge in [-0.2, -0.15) is 0 Å². The van der Waals surface area contributed by atoms with Gasteiger partial charge in [-0.1, -0.05) is 346 Å². The van der Waals surface area contributed by atoms with Crippen LogP contribution in [0.5, 0.6) is 0 Å². The lowest BCUT2D eigenvalue weighted by atomic mass is 10.0. The minimum Gasteiger partial charge on any atom is -0.466 e. The fourth-order valence-electron chi connectivity index (χ4n) is 10.9. The van der Waals surface area contributed by atoms with E-state index in [0.717, 1.165) is 51.4 Å². The molecule has 0 aliphatic rings. The summed E-state index contributed by atoms with van der Waals surface area (Å²) in [5.74, 6) is -0.0647. The van der Waals surface area contributed by atoms with Gasteiger partial charge in [-0.15, -0.1) is 0 Å². The number of carbonyl (C=O) groups excluding carboxylic acids is 2. The van der Waals surface area contributed by atoms with Crippen molar-refractivity contribution < 1.29 is 24.5 Å². The zero-order chi connectivity index (χ0) is 55.7. The van der Waals surface area contributed by atoms with Crippen molar-refractivity contribution in [3.63, 3.8) is 0 Å². The average Bonchev–Trinajstić information content (AvgIpc) is 3.43. The van der Waals surface area contributed by atoms with Gasteiger partial charge in [-0.3, -0.25) is 9.59 Å². The van der Waals surface area contributed by atoms with Crippen molar-refractivity contribution in [1.29, 1.82) is 0 Å². The van der Waals surface area contributed by atoms with Gasteiger partial charge in [-0.25, -0.2) is 0 Å². The number of nitrogens with one attached hydrogen (secondary N) is 1. The lowest BCUT2D eigenvalue weighted by molar-refractivity contribution is -0.143. The first-order valence-electron chi connectivity index (χ1n) is 34.8. The molecule has 6 nitrogen and oxygen atoms in total. The molecule has 454 valence electrons. The Labute approximate surface area is 481 Å². The molecule has 2 atom stereocenters. The van der Waals surface area contributed by atoms with E-state index in [9.17, 15) is 19.8 Å². The van der Waals surface area contributed by atoms with Crippen LogP contribution >= 0.6 is 0 Å². The monoisotopic (exact) mass is 1080 g/mol. The van der Waals surface area contributed by atoms with Crippen LogP contribution in [0.4, 0.5) is 0 Å². The Kier molecular flexibility index (Phi) is 64.9. The number of rotatable bonds is 65. The van der Waals surface area contributed by atoms with Crippen LogP contribution in [0.3, 0.4) is 0 Å². The van der Waals surface area contributed by atoms with Gasteiger partial charge in [0.15, 0.2) is 0 Å². The predicted octanol–water partition coefficient (Wildman–Crippen LogP) is 22.3. The topological polar surface area (TPSA) is 95.9 Å². The van der Waals surface area contributed by atoms with Crippen molar-refractivity contribution in [3.8, 4) is 0 Å². The smallest absolute Gasteiger partial charge is 0.305 e. The van der Waals surface area contributed by atoms with E-state index >= 15 is 0 Å². The van der Waals surface area contributed by atoms with E-state index in [1.165, 1.54) is 302 Å². The molecule has 1 amide bonds. The number of ether oxygens (including phenoxy) is 1. The lowest BCUT2D eigenvalue weighted by Crippen LogP contribution is -2.45. The van der Waals surface area contributed by atoms with Crippen LogP contribution in [-0.4, -0.2) is 47.4 Å². The van der Waals surface area contributed by atoms with Gasteiger partial charge in [0.2, 0.25) is 5.91 Å². The molecule has 0 radical (unpaired) electrons. The van der Waals surface area contributed by atoms with Gasteiger partial charge >= 0.3 is 5.97 Å². The highest BCUT2D eigenvalue weighted by Gasteiger charge is 2.18. The lowest BCUT2D eigenvalue weighted by Gasteiger charge is -2.20. The summed E-state index contributed by atoms with van der Waals surface area (Å²) in [6.45, 7) is 4.87. The van der Waals surface area contributed by atoms with E-state index in [2.05, 4.69) is 43.5 Å². The Morgan fingerprint density at radius 2 is 0.675 bits per heavy atom. The molecule has 0 aliphatic carbocycles. The Morgan fingerprint density at radius 3 is 1.04 bits per heavy atom. The number of aliphatic hydroxyl groups is 2. The minimum atomic E-state index is -0.846. The molecule has 0 fully saturated rings. The molecule has 0 spiro atoms. The van der Waals surface area contributed by atoms with Crippen LogP contribution in [0.2, 0.25) is 0 Å². The summed E-state index contributed by atoms with van der Waals surface area (Å²) < 4.78 is 5.47. The van der Waals surface area contributed by atoms with E-state index in [1.807, 2.05) is 6.08 Å². The third kappa shape index (κ3) is 63.1. The first-order valence-corrected chi connectivity index (χ1v) is 34.8. The molecule has 0 aromatic rings. The van der Waals surface area contributed by atoms with Gasteiger partial charge < -0.3 is 20.3 Å². The van der Waals surface area contributed by atoms with E-state index in [0.29, 0.717) is 19.4 Å². The highest BCUT2D eigenvalue weighted by Crippen LogP contribution is 2.19. The van der Waals surface area contributed by atoms with Crippen LogP contribution in [0, 0.1) is 0 Å². The predicted molar refractivity (Wildman–Crippen MR) is 338 cm³/mol. The Bertz CT molecular complexity index is 1250. The van der Waals surface area contributed by atoms with Crippen LogP contribution in [0.25, 0.3) is 0 Å². The zero-order valence-corrected chi connectivity index (χ0v) is 52.0. The highest BCUT2D eigenvalue weighted by molar-refractivity contribution is 5.76. The fraction of sp³-hybridized carbons (Fsp3) is 0.887. The van der Waals surface area contributed by atoms with E-state index < -0.39 is 12.1 Å². The SMILES string of the molecule is CCC/C=C\C/C=C\CCCCCCCC(=O)OCCCCCCCCCCCCCCCCCCCCCCCCCC(=O)NC(CO)C(O)/C=C/CCCCCCCCCCCCCCCCCCCCCCCC. The van der Waals surface area contributed by atoms with Crippen molar-refractivity contribution >= 4 is 11.9 Å². The first-order chi connectivity index (χ1) is 38.0. The van der Waals surface area contributed by atoms with Crippen LogP contribution < -0.4 is 5.32 Å². The molecule has 0 aromatic carbocycles. The Balaban J connectivity index is 3.41. The summed E-state index contributed by atoms with van der Waals surface area (Å²) >= 11 is 0. The minimum absolute atomic E-state index is 0.00102. The van der Waals surface area contributed by atoms with Crippen LogP contribution in [-0.2, 0) is 14.3 Å². The maximum Gasteiger partial charge on any atom is 0.305 e. The number of unbranched alkanes of at least 4 members (excludes halogenated alkanes) is 50. The average molecular weight is 1080 g/mol. The normalized spacial score (nSPS) is 12.7. The van der Waals surface area contributed by atoms with Crippen molar-refractivity contribution in [2.24, 2.45) is 0 Å². The number of aliphatic hydroxyl groups excluding tert-OH is 2. The second kappa shape index (κ2) is 66.6. The number of amides is 1. The number of allylic oxidation sites excluding steroid dienone is 5. The van der Waals surface area contributed by atoms with Gasteiger partial charge in [0.05, 0.1) is 25.4 Å². The largest absolute Gasteiger partial charge is 0.466 e. The number of hydrogen-bond acceptors (Lipinski definition) is 5. The van der Waals surface area contributed by atoms with E-state index in [4.69, 9.17) is 4.74 Å². The van der Waals surface area contributed by atoms with E-state index in [1.54, 1.807) is 6.08 Å². The van der Waals surface area contributed by atoms with Crippen molar-refractivity contribution in [1.82, 2.24) is 5.32 Å². The second-order valence-corrected chi connectivity index (χ2v) is 23.9. The van der Waals surface area contributed by atoms with Gasteiger partial charge in [0, 0.05) is 12.8 Å². The molecule has 0 aromatic heterocycles. The summed E-state index contributed by atoms with van der Waals surface area (Å²) in [7, 11) is 0. The summed E-state index contributed by atoms with van der Waals surface area (Å²) in [6, 6.07) is -0.629. The highest BCUT2D eigenvalue weighted by atomic mass is 16.5. The van der Waals surface area contributed by atoms with Crippen molar-refractivity contribution in [3.05, 3.63) is 36.5 Å². The molecule has 0 saturated carbocycles. The first kappa shape index (κ1) is 75.1. The maximum atomic E-state index is 12.5. The van der Waals surface area contributed by atoms with Gasteiger partial charge in [-0.05, 0) is 57.8 Å². The quantitative estimate of drug-likeness (QED) is 0.0320. The molecule has 6 heteroatoms. The van der Waals surface area contributed by atoms with Crippen LogP contribution in [0.15, 0.2) is 36.5 Å². The summed E-state index contributed by atoms with van der Waals surface area (Å²) in [4.78, 5) is 24.6. The third-order valence-electron chi connectivity index (χ3n) is 16.1. The Morgan fingerprint density at radius 1 is 0.364 bits per heavy atom. The molecular weight excluding hydrogens is 947 g/mol. The molecular formula is C71H135NO5. The van der Waals surface area contributed by atoms with Gasteiger partial charge in [0.25, 0.3) is 0 Å². The van der Waals surface area contributed by atoms with E-state index in [-0.39, 0.29) is 18.5 Å². The zero-order valence-electron chi connectivity index (χ0n) is 52.0. The number of carbonyl (C=O) groups is 2. The summed E-state index contributed by atoms with van der Waals surface area (Å²) in [5, 5.41) is 23.3. The van der Waals surface area contributed by atoms with Crippen LogP contribution in [0.1, 0.15) is 380 Å². The number of esters is 1. The van der Waals surface area contributed by atoms with Crippen molar-refractivity contribution in [2.75, 3.05) is 13.2 Å². The molecule has 3 N–H and O–H groups in total. The molecule has 0 heterocycles. The molecule has 0 saturated heterocycles. The Hall–Kier alpha value is -1.92. The fourth-order valence-corrected chi connectivity index (χ4v) is 10.9. The summed E-state index contributed by atoms with van der Waals surface area (Å²) in [6.07, 6.45) is 85.0. The molecule has 0 aliphatic heterocycles. The summed E-state index contributed by atoms with van der Waals surface area (Å²) in [5.41, 5.74) is 0. The molecule has 0 rings (SSSR count). The second-order valence-electron chi connectivity index (χ2n) is 23.9. The third-order valence-corrected chi connectivity index (χ3v) is 16.1. The molecule has 0 bridgehead atoms. The molecule has 77 heavy (non-hydrogen) atoms. The maximum absolute atomic E-state index is 12.5. The standard InChI is InChI=1S/C71H135NO5/c1-3-5-7-9-11-13-15-17-18-19-20-21-22-24-27-30-33-36-40-43-47-51-55-59-63-69(74)68(67-73)72-70(75)64-60-56-52-48-44-41-37-34-31-28-25-23-26-29-32-35-38-42-46-50-54-58-62-66-77-71(76)65-61-57-53-49-45-39-16-14-12-10-8-6-4-2/h8,10,14,16,59,63,68-69,73-74H,3-7,9,11-13,15,17-58,60-62,64-67H2,1-2H3,(H,72,75)/b10-8-,16-14-,63-59+. The molecule has 2 unspecified atom stereocenters. The number of hydrogen-bond donors (Lipinski definition) is 3. The van der Waals surface area contributed by atoms with Gasteiger partial charge in [0.1, 0.15) is 0 Å². The van der Waals surface area contributed by atoms with Crippen molar-refractivity contribution in [2.45, 2.75) is 392 Å².